The van der Waals surface area contributed by atoms with Crippen LogP contribution in [0.5, 0.6) is 0 Å². The third-order valence-electron chi connectivity index (χ3n) is 1.16. The van der Waals surface area contributed by atoms with E-state index in [-0.39, 0.29) is 0 Å². The quantitative estimate of drug-likeness (QED) is 0.538. The summed E-state index contributed by atoms with van der Waals surface area (Å²) in [7, 11) is -5.59. The molecule has 0 N–H and O–H groups in total. The van der Waals surface area contributed by atoms with Crippen LogP contribution in [0, 0.1) is 0 Å². The molecule has 0 amide bonds. The van der Waals surface area contributed by atoms with E-state index in [2.05, 4.69) is 4.28 Å². The van der Waals surface area contributed by atoms with Gasteiger partial charge in [0.25, 0.3) is 0 Å². The van der Waals surface area contributed by atoms with Gasteiger partial charge in [-0.2, -0.15) is 21.6 Å². The Labute approximate surface area is 77.6 Å². The monoisotopic (exact) mass is 228 g/mol. The molecular weight excluding hydrogens is 223 g/mol. The van der Waals surface area contributed by atoms with Gasteiger partial charge in [-0.3, -0.25) is 0 Å². The molecule has 1 aromatic rings. The predicted molar refractivity (Wildman–Crippen MR) is 38.2 cm³/mol. The minimum absolute atomic E-state index is 0.447. The van der Waals surface area contributed by atoms with Crippen molar-refractivity contribution in [2.24, 2.45) is 0 Å². The molecule has 0 aliphatic carbocycles. The van der Waals surface area contributed by atoms with Gasteiger partial charge >= 0.3 is 15.6 Å². The van der Waals surface area contributed by atoms with E-state index in [1.54, 1.807) is 0 Å². The number of alkyl halides is 3. The minimum Gasteiger partial charge on any atom is -0.171 e. The normalized spacial score (nSPS) is 12.5. The van der Waals surface area contributed by atoms with Crippen LogP contribution < -0.4 is 9.01 Å². The van der Waals surface area contributed by atoms with E-state index in [1.807, 2.05) is 0 Å². The van der Waals surface area contributed by atoms with Gasteiger partial charge in [-0.15, -0.1) is 4.28 Å². The lowest BCUT2D eigenvalue weighted by atomic mass is 10.5. The summed E-state index contributed by atoms with van der Waals surface area (Å²) in [5.74, 6) is 0. The first kappa shape index (κ1) is 10.8. The Bertz CT molecular complexity index is 400. The molecule has 0 fully saturated rings. The number of hydrogen-bond acceptors (Lipinski definition) is 3. The average Bonchev–Trinajstić information content (AvgIpc) is 2.03. The highest BCUT2D eigenvalue weighted by atomic mass is 32.2. The molecule has 0 aromatic carbocycles. The van der Waals surface area contributed by atoms with Crippen LogP contribution in [0.4, 0.5) is 13.2 Å². The van der Waals surface area contributed by atoms with E-state index in [0.29, 0.717) is 4.73 Å². The molecule has 0 atom stereocenters. The molecule has 0 unspecified atom stereocenters. The molecule has 78 valence electrons. The molecule has 0 aliphatic rings. The summed E-state index contributed by atoms with van der Waals surface area (Å²) in [4.78, 5) is 0. The van der Waals surface area contributed by atoms with Crippen LogP contribution >= 0.6 is 0 Å². The van der Waals surface area contributed by atoms with Gasteiger partial charge < -0.3 is 0 Å². The molecule has 1 heterocycles. The summed E-state index contributed by atoms with van der Waals surface area (Å²) >= 11 is 0. The fourth-order valence-corrected chi connectivity index (χ4v) is 0.999. The molecule has 0 aliphatic heterocycles. The molecule has 0 saturated heterocycles. The van der Waals surface area contributed by atoms with Crippen LogP contribution in [-0.4, -0.2) is 13.9 Å². The molecule has 14 heavy (non-hydrogen) atoms. The van der Waals surface area contributed by atoms with Gasteiger partial charge in [0.2, 0.25) is 12.4 Å². The van der Waals surface area contributed by atoms with Crippen molar-refractivity contribution in [3.8, 4) is 0 Å². The maximum absolute atomic E-state index is 11.8. The van der Waals surface area contributed by atoms with Gasteiger partial charge in [0.05, 0.1) is 0 Å². The molecular formula is C6H5F3NO3S+. The zero-order chi connectivity index (χ0) is 10.8. The Morgan fingerprint density at radius 2 is 1.57 bits per heavy atom. The van der Waals surface area contributed by atoms with Crippen molar-refractivity contribution in [2.45, 2.75) is 5.51 Å². The molecule has 0 saturated carbocycles. The Kier molecular flexibility index (Phi) is 2.65. The lowest BCUT2D eigenvalue weighted by Gasteiger charge is -2.02. The van der Waals surface area contributed by atoms with E-state index in [1.165, 1.54) is 18.2 Å². The number of halogens is 3. The number of rotatable bonds is 2. The molecule has 0 spiro atoms. The summed E-state index contributed by atoms with van der Waals surface area (Å²) in [6.07, 6.45) is 2.06. The SMILES string of the molecule is O=S(=O)(O[n+]1ccccc1)C(F)(F)F. The molecule has 4 nitrogen and oxygen atoms in total. The predicted octanol–water partition coefficient (Wildman–Crippen LogP) is 0.252. The highest BCUT2D eigenvalue weighted by Crippen LogP contribution is 2.21. The fourth-order valence-electron chi connectivity index (χ4n) is 0.588. The Balaban J connectivity index is 2.91. The Morgan fingerprint density at radius 1 is 1.07 bits per heavy atom. The van der Waals surface area contributed by atoms with Crippen molar-refractivity contribution in [3.05, 3.63) is 30.6 Å². The number of nitrogens with zero attached hydrogens (tertiary/aromatic N) is 1. The first-order valence-electron chi connectivity index (χ1n) is 3.30. The largest absolute Gasteiger partial charge is 0.540 e. The summed E-state index contributed by atoms with van der Waals surface area (Å²) in [5, 5.41) is 0. The second kappa shape index (κ2) is 3.45. The van der Waals surface area contributed by atoms with Crippen molar-refractivity contribution in [1.29, 1.82) is 0 Å². The second-order valence-electron chi connectivity index (χ2n) is 2.21. The zero-order valence-corrected chi connectivity index (χ0v) is 7.42. The maximum atomic E-state index is 11.8. The topological polar surface area (TPSA) is 47.3 Å². The third-order valence-corrected chi connectivity index (χ3v) is 2.09. The molecule has 0 bridgehead atoms. The third kappa shape index (κ3) is 2.34. The van der Waals surface area contributed by atoms with Gasteiger partial charge in [-0.05, 0) is 0 Å². The number of pyridine rings is 1. The van der Waals surface area contributed by atoms with Gasteiger partial charge in [-0.25, -0.2) is 0 Å². The molecule has 1 rings (SSSR count). The molecule has 1 aromatic heterocycles. The standard InChI is InChI=1S/C6H5F3NO3S/c7-6(8,9)14(11,12)13-10-4-2-1-3-5-10/h1-5H/q+1. The van der Waals surface area contributed by atoms with Crippen molar-refractivity contribution in [1.82, 2.24) is 0 Å². The Hall–Kier alpha value is -1.31. The van der Waals surface area contributed by atoms with Crippen molar-refractivity contribution in [2.75, 3.05) is 0 Å². The van der Waals surface area contributed by atoms with Crippen LogP contribution in [0.1, 0.15) is 0 Å². The van der Waals surface area contributed by atoms with Gasteiger partial charge in [0, 0.05) is 16.9 Å². The molecule has 0 radical (unpaired) electrons. The van der Waals surface area contributed by atoms with E-state index >= 15 is 0 Å². The minimum atomic E-state index is -5.59. The number of aromatic nitrogens is 1. The van der Waals surface area contributed by atoms with Gasteiger partial charge in [0.15, 0.2) is 0 Å². The van der Waals surface area contributed by atoms with Crippen LogP contribution in [0.3, 0.4) is 0 Å². The highest BCUT2D eigenvalue weighted by Gasteiger charge is 2.51. The van der Waals surface area contributed by atoms with E-state index in [9.17, 15) is 21.6 Å². The smallest absolute Gasteiger partial charge is 0.171 e. The van der Waals surface area contributed by atoms with Gasteiger partial charge in [-0.1, -0.05) is 6.07 Å². The summed E-state index contributed by atoms with van der Waals surface area (Å²) in [5.41, 5.74) is -5.42. The first-order chi connectivity index (χ1) is 6.33. The zero-order valence-electron chi connectivity index (χ0n) is 6.60. The van der Waals surface area contributed by atoms with Crippen LogP contribution in [-0.2, 0) is 10.1 Å². The van der Waals surface area contributed by atoms with E-state index in [0.717, 1.165) is 12.4 Å². The summed E-state index contributed by atoms with van der Waals surface area (Å²) in [6.45, 7) is 0. The highest BCUT2D eigenvalue weighted by molar-refractivity contribution is 7.87. The maximum Gasteiger partial charge on any atom is 0.540 e. The van der Waals surface area contributed by atoms with Crippen molar-refractivity contribution >= 4 is 10.1 Å². The van der Waals surface area contributed by atoms with Crippen molar-refractivity contribution in [3.63, 3.8) is 0 Å². The lowest BCUT2D eigenvalue weighted by Crippen LogP contribution is -2.49. The fraction of sp³-hybridized carbons (Fsp3) is 0.167. The van der Waals surface area contributed by atoms with Crippen molar-refractivity contribution < 1.29 is 30.6 Å². The van der Waals surface area contributed by atoms with Crippen LogP contribution in [0.15, 0.2) is 30.6 Å². The Morgan fingerprint density at radius 3 is 2.00 bits per heavy atom. The second-order valence-corrected chi connectivity index (χ2v) is 3.73. The number of hydrogen-bond donors (Lipinski definition) is 0. The molecule has 8 heteroatoms. The average molecular weight is 228 g/mol. The van der Waals surface area contributed by atoms with Gasteiger partial charge in [0.1, 0.15) is 0 Å². The van der Waals surface area contributed by atoms with Crippen LogP contribution in [0.2, 0.25) is 0 Å². The van der Waals surface area contributed by atoms with E-state index < -0.39 is 15.6 Å². The summed E-state index contributed by atoms with van der Waals surface area (Å²) in [6, 6.07) is 4.15. The lowest BCUT2D eigenvalue weighted by molar-refractivity contribution is -0.857. The van der Waals surface area contributed by atoms with E-state index in [4.69, 9.17) is 0 Å². The van der Waals surface area contributed by atoms with Crippen LogP contribution in [0.25, 0.3) is 0 Å². The summed E-state index contributed by atoms with van der Waals surface area (Å²) < 4.78 is 60.5. The first-order valence-corrected chi connectivity index (χ1v) is 4.71.